The van der Waals surface area contributed by atoms with Crippen LogP contribution in [0.5, 0.6) is 0 Å². The van der Waals surface area contributed by atoms with E-state index in [1.807, 2.05) is 58.0 Å². The van der Waals surface area contributed by atoms with Crippen molar-refractivity contribution < 1.29 is 14.7 Å². The number of amides is 1. The van der Waals surface area contributed by atoms with Crippen molar-refractivity contribution in [2.24, 2.45) is 0 Å². The number of carboxylic acid groups (broad SMARTS) is 1. The van der Waals surface area contributed by atoms with Crippen LogP contribution in [0.4, 0.5) is 0 Å². The monoisotopic (exact) mass is 339 g/mol. The van der Waals surface area contributed by atoms with Crippen molar-refractivity contribution in [2.45, 2.75) is 46.2 Å². The number of benzene rings is 2. The van der Waals surface area contributed by atoms with Crippen molar-refractivity contribution in [1.82, 2.24) is 4.90 Å². The Morgan fingerprint density at radius 3 is 1.96 bits per heavy atom. The van der Waals surface area contributed by atoms with E-state index in [1.165, 1.54) is 0 Å². The summed E-state index contributed by atoms with van der Waals surface area (Å²) in [5.41, 5.74) is 2.19. The normalized spacial score (nSPS) is 11.0. The molecule has 0 saturated carbocycles. The average molecular weight is 339 g/mol. The second kappa shape index (κ2) is 7.97. The minimum absolute atomic E-state index is 0.0329. The topological polar surface area (TPSA) is 57.6 Å². The van der Waals surface area contributed by atoms with Crippen molar-refractivity contribution in [3.63, 3.8) is 0 Å². The maximum Gasteiger partial charge on any atom is 0.335 e. The smallest absolute Gasteiger partial charge is 0.335 e. The maximum absolute atomic E-state index is 13.1. The molecular weight excluding hydrogens is 314 g/mol. The fraction of sp³-hybridized carbons (Fsp3) is 0.333. The Morgan fingerprint density at radius 2 is 1.44 bits per heavy atom. The molecule has 0 fully saturated rings. The number of aromatic carboxylic acids is 1. The molecule has 2 aromatic rings. The van der Waals surface area contributed by atoms with Gasteiger partial charge in [-0.2, -0.15) is 0 Å². The molecule has 0 aliphatic rings. The summed E-state index contributed by atoms with van der Waals surface area (Å²) in [5, 5.41) is 9.58. The number of rotatable bonds is 6. The van der Waals surface area contributed by atoms with Crippen LogP contribution in [0.25, 0.3) is 0 Å². The van der Waals surface area contributed by atoms with Gasteiger partial charge in [-0.15, -0.1) is 0 Å². The summed E-state index contributed by atoms with van der Waals surface area (Å²) in [6, 6.07) is 14.6. The molecule has 2 aromatic carbocycles. The van der Waals surface area contributed by atoms with Gasteiger partial charge in [0.1, 0.15) is 0 Å². The molecule has 1 amide bonds. The lowest BCUT2D eigenvalue weighted by atomic mass is 9.93. The van der Waals surface area contributed by atoms with Crippen molar-refractivity contribution in [3.05, 3.63) is 70.8 Å². The summed E-state index contributed by atoms with van der Waals surface area (Å²) in [5.74, 6) is -1.14. The quantitative estimate of drug-likeness (QED) is 0.856. The molecule has 0 saturated heterocycles. The fourth-order valence-electron chi connectivity index (χ4n) is 3.18. The van der Waals surface area contributed by atoms with E-state index in [1.54, 1.807) is 23.1 Å². The van der Waals surface area contributed by atoms with Gasteiger partial charge in [-0.25, -0.2) is 4.79 Å². The van der Waals surface area contributed by atoms with Crippen LogP contribution in [0.15, 0.2) is 48.5 Å². The van der Waals surface area contributed by atoms with E-state index in [0.717, 1.165) is 5.56 Å². The molecular formula is C21H25NO3. The second-order valence-corrected chi connectivity index (χ2v) is 6.70. The third-order valence-electron chi connectivity index (χ3n) is 4.21. The van der Waals surface area contributed by atoms with Crippen molar-refractivity contribution in [2.75, 3.05) is 0 Å². The van der Waals surface area contributed by atoms with Crippen LogP contribution in [0, 0.1) is 0 Å². The van der Waals surface area contributed by atoms with Crippen LogP contribution in [0.2, 0.25) is 0 Å². The van der Waals surface area contributed by atoms with Crippen LogP contribution in [-0.4, -0.2) is 34.0 Å². The summed E-state index contributed by atoms with van der Waals surface area (Å²) in [4.78, 5) is 26.6. The first-order chi connectivity index (χ1) is 11.8. The number of hydrogen-bond acceptors (Lipinski definition) is 2. The summed E-state index contributed by atoms with van der Waals surface area (Å²) in [6.07, 6.45) is 0.411. The third kappa shape index (κ3) is 4.27. The van der Waals surface area contributed by atoms with Gasteiger partial charge in [-0.3, -0.25) is 4.79 Å². The van der Waals surface area contributed by atoms with E-state index < -0.39 is 5.97 Å². The summed E-state index contributed by atoms with van der Waals surface area (Å²) >= 11 is 0. The third-order valence-corrected chi connectivity index (χ3v) is 4.21. The number of carboxylic acids is 1. The van der Waals surface area contributed by atoms with Gasteiger partial charge in [0.25, 0.3) is 5.91 Å². The molecule has 0 atom stereocenters. The zero-order chi connectivity index (χ0) is 18.6. The Balaban J connectivity index is 2.55. The lowest BCUT2D eigenvalue weighted by Gasteiger charge is -2.31. The van der Waals surface area contributed by atoms with E-state index >= 15 is 0 Å². The predicted octanol–water partition coefficient (Wildman–Crippen LogP) is 4.23. The van der Waals surface area contributed by atoms with Crippen molar-refractivity contribution in [3.8, 4) is 0 Å². The molecule has 4 heteroatoms. The summed E-state index contributed by atoms with van der Waals surface area (Å²) < 4.78 is 0. The standard InChI is InChI=1S/C21H25NO3/c1-14(2)22(15(3)4)20(23)17-11-8-12-18(21(24)25)19(17)13-16-9-6-5-7-10-16/h5-12,14-15H,13H2,1-4H3,(H,24,25). The van der Waals surface area contributed by atoms with E-state index in [2.05, 4.69) is 0 Å². The molecule has 1 N–H and O–H groups in total. The van der Waals surface area contributed by atoms with Gasteiger partial charge in [0.15, 0.2) is 0 Å². The van der Waals surface area contributed by atoms with Crippen LogP contribution in [0.1, 0.15) is 59.5 Å². The summed E-state index contributed by atoms with van der Waals surface area (Å²) in [6.45, 7) is 7.87. The first-order valence-corrected chi connectivity index (χ1v) is 8.54. The van der Waals surface area contributed by atoms with E-state index in [4.69, 9.17) is 0 Å². The Kier molecular flexibility index (Phi) is 5.97. The highest BCUT2D eigenvalue weighted by Crippen LogP contribution is 2.23. The van der Waals surface area contributed by atoms with Gasteiger partial charge in [-0.1, -0.05) is 36.4 Å². The first-order valence-electron chi connectivity index (χ1n) is 8.54. The SMILES string of the molecule is CC(C)N(C(=O)c1cccc(C(=O)O)c1Cc1ccccc1)C(C)C. The molecule has 4 nitrogen and oxygen atoms in total. The Hall–Kier alpha value is -2.62. The van der Waals surface area contributed by atoms with E-state index in [9.17, 15) is 14.7 Å². The highest BCUT2D eigenvalue weighted by atomic mass is 16.4. The van der Waals surface area contributed by atoms with Crippen LogP contribution in [-0.2, 0) is 6.42 Å². The number of carbonyl (C=O) groups is 2. The number of nitrogens with zero attached hydrogens (tertiary/aromatic N) is 1. The van der Waals surface area contributed by atoms with Crippen LogP contribution in [0.3, 0.4) is 0 Å². The molecule has 0 spiro atoms. The Labute approximate surface area is 149 Å². The number of carbonyl (C=O) groups excluding carboxylic acids is 1. The second-order valence-electron chi connectivity index (χ2n) is 6.70. The molecule has 0 unspecified atom stereocenters. The van der Waals surface area contributed by atoms with Gasteiger partial charge in [-0.05, 0) is 57.4 Å². The lowest BCUT2D eigenvalue weighted by molar-refractivity contribution is 0.0642. The van der Waals surface area contributed by atoms with E-state index in [-0.39, 0.29) is 23.6 Å². The van der Waals surface area contributed by atoms with Crippen LogP contribution >= 0.6 is 0 Å². The Morgan fingerprint density at radius 1 is 0.880 bits per heavy atom. The van der Waals surface area contributed by atoms with Crippen molar-refractivity contribution in [1.29, 1.82) is 0 Å². The molecule has 0 radical (unpaired) electrons. The minimum atomic E-state index is -1.01. The highest BCUT2D eigenvalue weighted by Gasteiger charge is 2.26. The zero-order valence-electron chi connectivity index (χ0n) is 15.2. The molecule has 2 rings (SSSR count). The fourth-order valence-corrected chi connectivity index (χ4v) is 3.18. The molecule has 0 heterocycles. The summed E-state index contributed by atoms with van der Waals surface area (Å²) in [7, 11) is 0. The molecule has 0 bridgehead atoms. The lowest BCUT2D eigenvalue weighted by Crippen LogP contribution is -2.42. The van der Waals surface area contributed by atoms with Gasteiger partial charge < -0.3 is 10.0 Å². The first kappa shape index (κ1) is 18.7. The van der Waals surface area contributed by atoms with Gasteiger partial charge >= 0.3 is 5.97 Å². The largest absolute Gasteiger partial charge is 0.478 e. The van der Waals surface area contributed by atoms with Gasteiger partial charge in [0.05, 0.1) is 5.56 Å². The van der Waals surface area contributed by atoms with E-state index in [0.29, 0.717) is 17.5 Å². The van der Waals surface area contributed by atoms with Gasteiger partial charge in [0, 0.05) is 17.6 Å². The van der Waals surface area contributed by atoms with Crippen molar-refractivity contribution >= 4 is 11.9 Å². The molecule has 25 heavy (non-hydrogen) atoms. The predicted molar refractivity (Wildman–Crippen MR) is 99.1 cm³/mol. The number of hydrogen-bond donors (Lipinski definition) is 1. The molecule has 0 aromatic heterocycles. The maximum atomic E-state index is 13.1. The molecule has 132 valence electrons. The van der Waals surface area contributed by atoms with Gasteiger partial charge in [0.2, 0.25) is 0 Å². The molecule has 0 aliphatic carbocycles. The average Bonchev–Trinajstić information content (AvgIpc) is 2.55. The minimum Gasteiger partial charge on any atom is -0.478 e. The Bertz CT molecular complexity index is 743. The zero-order valence-corrected chi connectivity index (χ0v) is 15.2. The highest BCUT2D eigenvalue weighted by molar-refractivity contribution is 6.00. The van der Waals surface area contributed by atoms with Crippen LogP contribution < -0.4 is 0 Å². The molecule has 0 aliphatic heterocycles.